The molecule has 0 unspecified atom stereocenters. The van der Waals surface area contributed by atoms with Gasteiger partial charge in [-0.2, -0.15) is 11.8 Å². The van der Waals surface area contributed by atoms with Crippen LogP contribution in [0.5, 0.6) is 0 Å². The highest BCUT2D eigenvalue weighted by Gasteiger charge is 2.34. The molecule has 1 aromatic carbocycles. The Morgan fingerprint density at radius 2 is 1.59 bits per heavy atom. The molecule has 0 bridgehead atoms. The van der Waals surface area contributed by atoms with Crippen LogP contribution in [-0.2, 0) is 6.42 Å². The van der Waals surface area contributed by atoms with E-state index in [1.54, 1.807) is 42.2 Å². The minimum atomic E-state index is -0.175. The van der Waals surface area contributed by atoms with Gasteiger partial charge in [-0.25, -0.2) is 0 Å². The number of pyridine rings is 1. The van der Waals surface area contributed by atoms with Crippen LogP contribution >= 0.6 is 11.8 Å². The number of amides is 2. The molecule has 0 aliphatic carbocycles. The summed E-state index contributed by atoms with van der Waals surface area (Å²) in [6, 6.07) is 12.9. The van der Waals surface area contributed by atoms with Crippen molar-refractivity contribution in [3.8, 4) is 0 Å². The molecule has 0 atom stereocenters. The summed E-state index contributed by atoms with van der Waals surface area (Å²) in [5.74, 6) is 1.33. The number of fused-ring (bicyclic) bond motifs is 1. The van der Waals surface area contributed by atoms with E-state index in [0.29, 0.717) is 17.7 Å². The normalized spacial score (nSPS) is 13.5. The van der Waals surface area contributed by atoms with Crippen LogP contribution in [0.2, 0.25) is 0 Å². The topological polar surface area (TPSA) is 50.3 Å². The summed E-state index contributed by atoms with van der Waals surface area (Å²) in [6.07, 6.45) is 2.69. The van der Waals surface area contributed by atoms with Gasteiger partial charge >= 0.3 is 0 Å². The van der Waals surface area contributed by atoms with Crippen LogP contribution in [0.3, 0.4) is 0 Å². The number of benzene rings is 1. The Bertz CT molecular complexity index is 653. The Balaban J connectivity index is 1.47. The summed E-state index contributed by atoms with van der Waals surface area (Å²) < 4.78 is 0. The van der Waals surface area contributed by atoms with Gasteiger partial charge in [0.1, 0.15) is 0 Å². The zero-order valence-electron chi connectivity index (χ0n) is 12.1. The van der Waals surface area contributed by atoms with Crippen molar-refractivity contribution in [1.82, 2.24) is 9.88 Å². The van der Waals surface area contributed by atoms with Gasteiger partial charge in [-0.05, 0) is 36.4 Å². The lowest BCUT2D eigenvalue weighted by Crippen LogP contribution is -2.31. The van der Waals surface area contributed by atoms with Gasteiger partial charge in [-0.3, -0.25) is 19.5 Å². The zero-order chi connectivity index (χ0) is 15.4. The Morgan fingerprint density at radius 1 is 0.909 bits per heavy atom. The molecule has 0 spiro atoms. The van der Waals surface area contributed by atoms with Gasteiger partial charge in [0.15, 0.2) is 0 Å². The van der Waals surface area contributed by atoms with Crippen molar-refractivity contribution in [2.75, 3.05) is 18.1 Å². The van der Waals surface area contributed by atoms with Crippen molar-refractivity contribution < 1.29 is 9.59 Å². The molecule has 0 saturated carbocycles. The highest BCUT2D eigenvalue weighted by Crippen LogP contribution is 2.22. The van der Waals surface area contributed by atoms with Crippen LogP contribution in [0.15, 0.2) is 48.7 Å². The molecule has 3 rings (SSSR count). The molecule has 2 amide bonds. The Hall–Kier alpha value is -2.14. The first kappa shape index (κ1) is 14.8. The van der Waals surface area contributed by atoms with Crippen LogP contribution in [0, 0.1) is 0 Å². The van der Waals surface area contributed by atoms with Crippen molar-refractivity contribution in [2.45, 2.75) is 6.42 Å². The second-order valence-electron chi connectivity index (χ2n) is 4.99. The smallest absolute Gasteiger partial charge is 0.261 e. The molecule has 112 valence electrons. The highest BCUT2D eigenvalue weighted by molar-refractivity contribution is 7.99. The van der Waals surface area contributed by atoms with E-state index in [0.717, 1.165) is 23.6 Å². The second kappa shape index (κ2) is 6.75. The van der Waals surface area contributed by atoms with Gasteiger partial charge in [0.05, 0.1) is 11.1 Å². The maximum absolute atomic E-state index is 12.2. The lowest BCUT2D eigenvalue weighted by atomic mass is 10.1. The third-order valence-electron chi connectivity index (χ3n) is 3.57. The standard InChI is InChI=1S/C17H16N2O2S/c20-16-14-6-1-2-7-15(14)17(21)19(16)10-12-22-11-8-13-5-3-4-9-18-13/h1-7,9H,8,10-12H2. The van der Waals surface area contributed by atoms with Gasteiger partial charge in [0.2, 0.25) is 0 Å². The zero-order valence-corrected chi connectivity index (χ0v) is 12.9. The molecular formula is C17H16N2O2S. The van der Waals surface area contributed by atoms with Gasteiger partial charge in [-0.15, -0.1) is 0 Å². The second-order valence-corrected chi connectivity index (χ2v) is 6.22. The fraction of sp³-hybridized carbons (Fsp3) is 0.235. The minimum absolute atomic E-state index is 0.175. The van der Waals surface area contributed by atoms with Crippen LogP contribution in [0.4, 0.5) is 0 Å². The van der Waals surface area contributed by atoms with E-state index in [4.69, 9.17) is 0 Å². The molecule has 2 aromatic rings. The fourth-order valence-corrected chi connectivity index (χ4v) is 3.29. The number of hydrogen-bond donors (Lipinski definition) is 0. The average molecular weight is 312 g/mol. The summed E-state index contributed by atoms with van der Waals surface area (Å²) in [4.78, 5) is 30.0. The molecule has 1 aliphatic rings. The fourth-order valence-electron chi connectivity index (χ4n) is 2.42. The number of imide groups is 1. The van der Waals surface area contributed by atoms with E-state index < -0.39 is 0 Å². The van der Waals surface area contributed by atoms with Gasteiger partial charge in [0, 0.05) is 24.2 Å². The van der Waals surface area contributed by atoms with Crippen LogP contribution in [0.1, 0.15) is 26.4 Å². The quantitative estimate of drug-likeness (QED) is 0.608. The van der Waals surface area contributed by atoms with Crippen LogP contribution in [0.25, 0.3) is 0 Å². The molecule has 0 fully saturated rings. The van der Waals surface area contributed by atoms with E-state index >= 15 is 0 Å². The average Bonchev–Trinajstić information content (AvgIpc) is 2.81. The predicted octanol–water partition coefficient (Wildman–Crippen LogP) is 2.65. The summed E-state index contributed by atoms with van der Waals surface area (Å²) in [6.45, 7) is 0.458. The predicted molar refractivity (Wildman–Crippen MR) is 87.1 cm³/mol. The molecule has 0 radical (unpaired) electrons. The third-order valence-corrected chi connectivity index (χ3v) is 4.53. The first-order valence-corrected chi connectivity index (χ1v) is 8.36. The SMILES string of the molecule is O=C1c2ccccc2C(=O)N1CCSCCc1ccccn1. The first-order chi connectivity index (χ1) is 10.8. The molecule has 5 heteroatoms. The maximum atomic E-state index is 12.2. The number of nitrogens with zero attached hydrogens (tertiary/aromatic N) is 2. The van der Waals surface area contributed by atoms with E-state index in [1.165, 1.54) is 4.90 Å². The first-order valence-electron chi connectivity index (χ1n) is 7.20. The van der Waals surface area contributed by atoms with E-state index in [2.05, 4.69) is 4.98 Å². The van der Waals surface area contributed by atoms with Crippen molar-refractivity contribution >= 4 is 23.6 Å². The molecule has 0 N–H and O–H groups in total. The molecule has 0 saturated heterocycles. The van der Waals surface area contributed by atoms with Crippen LogP contribution in [-0.4, -0.2) is 39.7 Å². The number of aromatic nitrogens is 1. The van der Waals surface area contributed by atoms with Crippen molar-refractivity contribution in [1.29, 1.82) is 0 Å². The van der Waals surface area contributed by atoms with E-state index in [1.807, 2.05) is 18.2 Å². The molecule has 2 heterocycles. The number of carbonyl (C=O) groups excluding carboxylic acids is 2. The summed E-state index contributed by atoms with van der Waals surface area (Å²) in [5.41, 5.74) is 2.10. The lowest BCUT2D eigenvalue weighted by molar-refractivity contribution is 0.0664. The lowest BCUT2D eigenvalue weighted by Gasteiger charge is -2.13. The summed E-state index contributed by atoms with van der Waals surface area (Å²) >= 11 is 1.73. The number of aryl methyl sites for hydroxylation is 1. The minimum Gasteiger partial charge on any atom is -0.274 e. The van der Waals surface area contributed by atoms with Crippen molar-refractivity contribution in [3.63, 3.8) is 0 Å². The van der Waals surface area contributed by atoms with Gasteiger partial charge in [-0.1, -0.05) is 18.2 Å². The van der Waals surface area contributed by atoms with Gasteiger partial charge in [0.25, 0.3) is 11.8 Å². The maximum Gasteiger partial charge on any atom is 0.261 e. The third kappa shape index (κ3) is 3.04. The Morgan fingerprint density at radius 3 is 2.23 bits per heavy atom. The van der Waals surface area contributed by atoms with E-state index in [-0.39, 0.29) is 11.8 Å². The monoisotopic (exact) mass is 312 g/mol. The number of rotatable bonds is 6. The van der Waals surface area contributed by atoms with Crippen LogP contribution < -0.4 is 0 Å². The highest BCUT2D eigenvalue weighted by atomic mass is 32.2. The Kier molecular flexibility index (Phi) is 4.53. The molecular weight excluding hydrogens is 296 g/mol. The summed E-state index contributed by atoms with van der Waals surface area (Å²) in [7, 11) is 0. The molecule has 1 aliphatic heterocycles. The largest absolute Gasteiger partial charge is 0.274 e. The molecule has 22 heavy (non-hydrogen) atoms. The molecule has 1 aromatic heterocycles. The molecule has 4 nitrogen and oxygen atoms in total. The number of carbonyl (C=O) groups is 2. The van der Waals surface area contributed by atoms with E-state index in [9.17, 15) is 9.59 Å². The van der Waals surface area contributed by atoms with Crippen molar-refractivity contribution in [2.24, 2.45) is 0 Å². The Labute approximate surface area is 133 Å². The summed E-state index contributed by atoms with van der Waals surface area (Å²) in [5, 5.41) is 0. The number of hydrogen-bond acceptors (Lipinski definition) is 4. The van der Waals surface area contributed by atoms with Crippen molar-refractivity contribution in [3.05, 3.63) is 65.5 Å². The number of thioether (sulfide) groups is 1. The van der Waals surface area contributed by atoms with Gasteiger partial charge < -0.3 is 0 Å².